The number of hydrogen-bond donors (Lipinski definition) is 0. The van der Waals surface area contributed by atoms with Gasteiger partial charge in [-0.05, 0) is 23.2 Å². The van der Waals surface area contributed by atoms with Crippen molar-refractivity contribution >= 4 is 29.7 Å². The topological polar surface area (TPSA) is 34.3 Å². The van der Waals surface area contributed by atoms with Crippen molar-refractivity contribution in [1.82, 2.24) is 14.4 Å². The highest BCUT2D eigenvalue weighted by Crippen LogP contribution is 2.25. The van der Waals surface area contributed by atoms with E-state index < -0.39 is 7.25 Å². The van der Waals surface area contributed by atoms with Crippen LogP contribution in [0.25, 0.3) is 33.7 Å². The third-order valence-corrected chi connectivity index (χ3v) is 4.08. The van der Waals surface area contributed by atoms with Gasteiger partial charge >= 0.3 is 12.9 Å². The molecule has 0 saturated heterocycles. The fourth-order valence-corrected chi connectivity index (χ4v) is 3.09. The lowest BCUT2D eigenvalue weighted by Gasteiger charge is -2.04. The Bertz CT molecular complexity index is 1260. The molecule has 0 fully saturated rings. The molecule has 5 aromatic rings. The summed E-state index contributed by atoms with van der Waals surface area (Å²) in [6.07, 6.45) is 4.08. The van der Waals surface area contributed by atoms with E-state index in [-0.39, 0.29) is 0 Å². The third kappa shape index (κ3) is 3.51. The Balaban J connectivity index is 0.000000346. The molecule has 4 heterocycles. The molecule has 0 saturated carbocycles. The molecule has 0 N–H and O–H groups in total. The van der Waals surface area contributed by atoms with Crippen LogP contribution in [0.5, 0.6) is 0 Å². The van der Waals surface area contributed by atoms with Gasteiger partial charge in [0.25, 0.3) is 5.65 Å². The first-order chi connectivity index (χ1) is 13.4. The van der Waals surface area contributed by atoms with Crippen LogP contribution in [0, 0.1) is 0 Å². The minimum Gasteiger partial charge on any atom is -0.418 e. The van der Waals surface area contributed by atoms with E-state index in [2.05, 4.69) is 38.1 Å². The molecule has 0 unspecified atom stereocenters. The van der Waals surface area contributed by atoms with Gasteiger partial charge in [0.1, 0.15) is 5.65 Å². The Morgan fingerprint density at radius 3 is 2.21 bits per heavy atom. The van der Waals surface area contributed by atoms with Crippen molar-refractivity contribution in [1.29, 1.82) is 0 Å². The zero-order valence-corrected chi connectivity index (χ0v) is 14.4. The van der Waals surface area contributed by atoms with Gasteiger partial charge in [-0.3, -0.25) is 4.40 Å². The van der Waals surface area contributed by atoms with Crippen molar-refractivity contribution in [3.05, 3.63) is 79.1 Å². The van der Waals surface area contributed by atoms with E-state index in [1.54, 1.807) is 0 Å². The lowest BCUT2D eigenvalue weighted by molar-refractivity contribution is -0.500. The molecule has 0 amide bonds. The smallest absolute Gasteiger partial charge is 0.418 e. The summed E-state index contributed by atoms with van der Waals surface area (Å²) in [5.41, 5.74) is 5.83. The van der Waals surface area contributed by atoms with Crippen LogP contribution >= 0.6 is 0 Å². The molecule has 0 aliphatic carbocycles. The minimum atomic E-state index is -6.00. The van der Waals surface area contributed by atoms with Gasteiger partial charge in [-0.15, -0.1) is 0 Å². The summed E-state index contributed by atoms with van der Waals surface area (Å²) in [7, 11) is -6.00. The standard InChI is InChI=1S/C19H13N4.BF4/c1-2-8-14(9-3-1)17-18-19(20-15-10-4-6-12-22(15)17)21-16-11-5-7-13-23(16)18;2-1(3,4)5/h1-13H;/q+1;-1. The molecule has 0 spiro atoms. The first kappa shape index (κ1) is 17.9. The van der Waals surface area contributed by atoms with Gasteiger partial charge in [-0.1, -0.05) is 42.5 Å². The summed E-state index contributed by atoms with van der Waals surface area (Å²) in [6, 6.07) is 22.4. The van der Waals surface area contributed by atoms with Gasteiger partial charge in [0, 0.05) is 17.8 Å². The van der Waals surface area contributed by atoms with Gasteiger partial charge in [0.15, 0.2) is 11.2 Å². The van der Waals surface area contributed by atoms with Gasteiger partial charge < -0.3 is 17.3 Å². The van der Waals surface area contributed by atoms with Crippen molar-refractivity contribution in [3.63, 3.8) is 0 Å². The third-order valence-electron chi connectivity index (χ3n) is 4.08. The van der Waals surface area contributed by atoms with E-state index in [4.69, 9.17) is 4.98 Å². The van der Waals surface area contributed by atoms with E-state index in [1.165, 1.54) is 0 Å². The lowest BCUT2D eigenvalue weighted by Crippen LogP contribution is -2.26. The van der Waals surface area contributed by atoms with E-state index in [9.17, 15) is 17.3 Å². The second kappa shape index (κ2) is 6.92. The maximum atomic E-state index is 9.75. The van der Waals surface area contributed by atoms with Gasteiger partial charge in [-0.2, -0.15) is 9.38 Å². The fraction of sp³-hybridized carbons (Fsp3) is 0. The van der Waals surface area contributed by atoms with Crippen molar-refractivity contribution < 1.29 is 21.7 Å². The second-order valence-corrected chi connectivity index (χ2v) is 5.96. The number of pyridine rings is 2. The Labute approximate surface area is 156 Å². The Kier molecular flexibility index (Phi) is 4.42. The number of hydrogen-bond acceptors (Lipinski definition) is 2. The predicted molar refractivity (Wildman–Crippen MR) is 99.3 cm³/mol. The maximum Gasteiger partial charge on any atom is 0.673 e. The summed E-state index contributed by atoms with van der Waals surface area (Å²) in [4.78, 5) is 9.42. The monoisotopic (exact) mass is 384 g/mol. The molecule has 4 aromatic heterocycles. The molecule has 28 heavy (non-hydrogen) atoms. The number of fused-ring (bicyclic) bond motifs is 4. The average molecular weight is 384 g/mol. The van der Waals surface area contributed by atoms with Crippen molar-refractivity contribution in [2.24, 2.45) is 0 Å². The van der Waals surface area contributed by atoms with Crippen LogP contribution in [0.2, 0.25) is 0 Å². The van der Waals surface area contributed by atoms with Crippen LogP contribution in [0.15, 0.2) is 79.1 Å². The van der Waals surface area contributed by atoms with Crippen molar-refractivity contribution in [3.8, 4) is 11.3 Å². The number of nitrogens with zero attached hydrogens (tertiary/aromatic N) is 4. The molecule has 0 aliphatic heterocycles. The Morgan fingerprint density at radius 1 is 0.786 bits per heavy atom. The van der Waals surface area contributed by atoms with Crippen LogP contribution in [-0.2, 0) is 0 Å². The molecule has 9 heteroatoms. The van der Waals surface area contributed by atoms with Crippen molar-refractivity contribution in [2.45, 2.75) is 0 Å². The molecule has 4 nitrogen and oxygen atoms in total. The number of benzene rings is 1. The SMILES string of the molecule is F[B-](F)(F)F.c1ccc(-c2c3c(nc4ccccn43)nc3cccc[n+]23)cc1. The van der Waals surface area contributed by atoms with Crippen LogP contribution in [-0.4, -0.2) is 21.6 Å². The Hall–Kier alpha value is -3.49. The zero-order valence-electron chi connectivity index (χ0n) is 14.4. The maximum absolute atomic E-state index is 9.75. The van der Waals surface area contributed by atoms with Gasteiger partial charge in [0.2, 0.25) is 0 Å². The van der Waals surface area contributed by atoms with Crippen molar-refractivity contribution in [2.75, 3.05) is 0 Å². The average Bonchev–Trinajstić information content (AvgIpc) is 3.03. The van der Waals surface area contributed by atoms with Gasteiger partial charge in [-0.25, -0.2) is 0 Å². The summed E-state index contributed by atoms with van der Waals surface area (Å²) in [5, 5.41) is 0. The Morgan fingerprint density at radius 2 is 1.46 bits per heavy atom. The first-order valence-electron chi connectivity index (χ1n) is 8.42. The lowest BCUT2D eigenvalue weighted by atomic mass is 10.1. The number of halogens is 4. The summed E-state index contributed by atoms with van der Waals surface area (Å²) < 4.78 is 43.2. The summed E-state index contributed by atoms with van der Waals surface area (Å²) in [5.74, 6) is 0. The second-order valence-electron chi connectivity index (χ2n) is 5.96. The van der Waals surface area contributed by atoms with Crippen LogP contribution in [0.3, 0.4) is 0 Å². The molecular formula is C19H13BF4N4. The molecule has 0 bridgehead atoms. The van der Waals surface area contributed by atoms with Gasteiger partial charge in [0.05, 0.1) is 6.20 Å². The highest BCUT2D eigenvalue weighted by Gasteiger charge is 2.22. The molecular weight excluding hydrogens is 371 g/mol. The quantitative estimate of drug-likeness (QED) is 0.241. The predicted octanol–water partition coefficient (Wildman–Crippen LogP) is 4.59. The van der Waals surface area contributed by atoms with Crippen LogP contribution < -0.4 is 4.40 Å². The molecule has 140 valence electrons. The fourth-order valence-electron chi connectivity index (χ4n) is 3.09. The minimum absolute atomic E-state index is 0.765. The number of aromatic nitrogens is 4. The normalized spacial score (nSPS) is 11.6. The molecule has 5 rings (SSSR count). The first-order valence-corrected chi connectivity index (χ1v) is 8.42. The molecule has 1 aromatic carbocycles. The van der Waals surface area contributed by atoms with E-state index in [0.29, 0.717) is 0 Å². The van der Waals surface area contributed by atoms with E-state index in [0.717, 1.165) is 33.7 Å². The highest BCUT2D eigenvalue weighted by molar-refractivity contribution is 6.50. The molecule has 0 aliphatic rings. The van der Waals surface area contributed by atoms with E-state index >= 15 is 0 Å². The number of rotatable bonds is 1. The van der Waals surface area contributed by atoms with E-state index in [1.807, 2.05) is 54.9 Å². The summed E-state index contributed by atoms with van der Waals surface area (Å²) in [6.45, 7) is 0. The number of imidazole rings is 1. The molecule has 0 radical (unpaired) electrons. The van der Waals surface area contributed by atoms with Crippen LogP contribution in [0.4, 0.5) is 17.3 Å². The summed E-state index contributed by atoms with van der Waals surface area (Å²) >= 11 is 0. The zero-order chi connectivity index (χ0) is 19.7. The largest absolute Gasteiger partial charge is 0.673 e. The van der Waals surface area contributed by atoms with Crippen LogP contribution in [0.1, 0.15) is 0 Å². The molecule has 0 atom stereocenters. The highest BCUT2D eigenvalue weighted by atomic mass is 19.5.